The second-order valence-corrected chi connectivity index (χ2v) is 14.8. The Morgan fingerprint density at radius 2 is 1.52 bits per heavy atom. The van der Waals surface area contributed by atoms with Crippen LogP contribution >= 0.6 is 0 Å². The van der Waals surface area contributed by atoms with Crippen molar-refractivity contribution in [3.8, 4) is 0 Å². The summed E-state index contributed by atoms with van der Waals surface area (Å²) < 4.78 is 13.0. The quantitative estimate of drug-likeness (QED) is 0.412. The fourth-order valence-corrected chi connectivity index (χ4v) is 10.7. The van der Waals surface area contributed by atoms with Crippen molar-refractivity contribution < 1.29 is 9.47 Å². The van der Waals surface area contributed by atoms with E-state index < -0.39 is 0 Å². The summed E-state index contributed by atoms with van der Waals surface area (Å²) in [6.45, 7) is 19.0. The SMILES string of the molecule is CC(C)CCC[C@@H](C)[C@H]1CC[C@H]2[C@@H]3CC[C@H]4C[C@@]5(C[C@]4(C)[C@H]3CC[C@]12C)OCCOC5(C)C. The molecule has 2 nitrogen and oxygen atoms in total. The minimum atomic E-state index is -0.145. The highest BCUT2D eigenvalue weighted by molar-refractivity contribution is 5.17. The molecule has 1 spiro atoms. The second-order valence-electron chi connectivity index (χ2n) is 14.8. The summed E-state index contributed by atoms with van der Waals surface area (Å²) in [5.41, 5.74) is 0.850. The number of hydrogen-bond donors (Lipinski definition) is 0. The maximum atomic E-state index is 6.66. The second kappa shape index (κ2) is 8.50. The summed E-state index contributed by atoms with van der Waals surface area (Å²) in [6, 6.07) is 0. The molecule has 0 unspecified atom stereocenters. The van der Waals surface area contributed by atoms with Crippen LogP contribution in [0.15, 0.2) is 0 Å². The van der Waals surface area contributed by atoms with Gasteiger partial charge in [0.1, 0.15) is 0 Å². The van der Waals surface area contributed by atoms with Gasteiger partial charge in [0, 0.05) is 0 Å². The van der Waals surface area contributed by atoms with Gasteiger partial charge in [-0.2, -0.15) is 0 Å². The van der Waals surface area contributed by atoms with Gasteiger partial charge >= 0.3 is 0 Å². The summed E-state index contributed by atoms with van der Waals surface area (Å²) in [6.07, 6.45) is 15.6. The molecule has 4 saturated carbocycles. The number of ether oxygens (including phenoxy) is 2. The first-order valence-electron chi connectivity index (χ1n) is 14.8. The lowest BCUT2D eigenvalue weighted by molar-refractivity contribution is -0.247. The molecule has 0 aromatic rings. The van der Waals surface area contributed by atoms with E-state index in [2.05, 4.69) is 48.5 Å². The molecular formula is C31H54O2. The van der Waals surface area contributed by atoms with E-state index >= 15 is 0 Å². The zero-order chi connectivity index (χ0) is 23.6. The lowest BCUT2D eigenvalue weighted by Gasteiger charge is -2.58. The van der Waals surface area contributed by atoms with Gasteiger partial charge in [0.2, 0.25) is 0 Å². The van der Waals surface area contributed by atoms with Gasteiger partial charge in [0.15, 0.2) is 0 Å². The highest BCUT2D eigenvalue weighted by Gasteiger charge is 2.67. The molecule has 1 heterocycles. The third-order valence-corrected chi connectivity index (χ3v) is 12.5. The monoisotopic (exact) mass is 458 g/mol. The largest absolute Gasteiger partial charge is 0.370 e. The van der Waals surface area contributed by atoms with E-state index in [4.69, 9.17) is 9.47 Å². The van der Waals surface area contributed by atoms with Crippen molar-refractivity contribution in [3.63, 3.8) is 0 Å². The van der Waals surface area contributed by atoms with Crippen LogP contribution in [0.5, 0.6) is 0 Å². The van der Waals surface area contributed by atoms with E-state index in [1.165, 1.54) is 70.6 Å². The standard InChI is InChI=1S/C31H54O2/c1-21(2)9-8-10-22(3)25-13-14-26-24-12-11-23-19-31(28(4,5)32-17-18-33-31)20-30(23,7)27(24)15-16-29(25,26)6/h21-27H,8-20H2,1-7H3/t22-,23+,24+,25-,26+,27+,29-,30+,31+/m1/s1. The van der Waals surface area contributed by atoms with Crippen molar-refractivity contribution in [3.05, 3.63) is 0 Å². The van der Waals surface area contributed by atoms with E-state index in [9.17, 15) is 0 Å². The minimum absolute atomic E-state index is 0.0521. The Bertz CT molecular complexity index is 714. The Kier molecular flexibility index (Phi) is 6.34. The molecule has 2 heteroatoms. The number of rotatable bonds is 5. The van der Waals surface area contributed by atoms with Crippen LogP contribution in [-0.2, 0) is 9.47 Å². The molecule has 190 valence electrons. The zero-order valence-corrected chi connectivity index (χ0v) is 23.1. The van der Waals surface area contributed by atoms with Crippen LogP contribution in [0.4, 0.5) is 0 Å². The van der Waals surface area contributed by atoms with Crippen molar-refractivity contribution in [1.82, 2.24) is 0 Å². The van der Waals surface area contributed by atoms with Crippen LogP contribution in [0.3, 0.4) is 0 Å². The predicted molar refractivity (Wildman–Crippen MR) is 137 cm³/mol. The molecule has 1 saturated heterocycles. The predicted octanol–water partition coefficient (Wildman–Crippen LogP) is 8.28. The van der Waals surface area contributed by atoms with Gasteiger partial charge in [0.05, 0.1) is 24.4 Å². The Morgan fingerprint density at radius 3 is 2.24 bits per heavy atom. The summed E-state index contributed by atoms with van der Waals surface area (Å²) in [7, 11) is 0. The molecule has 9 atom stereocenters. The lowest BCUT2D eigenvalue weighted by Crippen LogP contribution is -2.57. The average Bonchev–Trinajstić information content (AvgIpc) is 3.25. The third-order valence-electron chi connectivity index (χ3n) is 12.5. The van der Waals surface area contributed by atoms with Crippen LogP contribution in [0.1, 0.15) is 119 Å². The maximum Gasteiger partial charge on any atom is 0.0974 e. The van der Waals surface area contributed by atoms with Crippen molar-refractivity contribution >= 4 is 0 Å². The zero-order valence-electron chi connectivity index (χ0n) is 23.1. The highest BCUT2D eigenvalue weighted by atomic mass is 16.6. The molecule has 5 aliphatic rings. The summed E-state index contributed by atoms with van der Waals surface area (Å²) >= 11 is 0. The molecule has 5 fully saturated rings. The minimum Gasteiger partial charge on any atom is -0.370 e. The molecule has 0 aromatic carbocycles. The highest BCUT2D eigenvalue weighted by Crippen LogP contribution is 2.71. The summed E-state index contributed by atoms with van der Waals surface area (Å²) in [5.74, 6) is 6.39. The topological polar surface area (TPSA) is 18.5 Å². The number of hydrogen-bond acceptors (Lipinski definition) is 2. The fourth-order valence-electron chi connectivity index (χ4n) is 10.7. The molecular weight excluding hydrogens is 404 g/mol. The molecule has 5 rings (SSSR count). The van der Waals surface area contributed by atoms with Crippen LogP contribution in [0.25, 0.3) is 0 Å². The molecule has 0 radical (unpaired) electrons. The molecule has 0 amide bonds. The maximum absolute atomic E-state index is 6.66. The average molecular weight is 459 g/mol. The summed E-state index contributed by atoms with van der Waals surface area (Å²) in [4.78, 5) is 0. The van der Waals surface area contributed by atoms with Gasteiger partial charge in [-0.15, -0.1) is 0 Å². The third kappa shape index (κ3) is 3.78. The van der Waals surface area contributed by atoms with Crippen LogP contribution in [-0.4, -0.2) is 24.4 Å². The van der Waals surface area contributed by atoms with Gasteiger partial charge < -0.3 is 9.47 Å². The molecule has 1 aliphatic heterocycles. The van der Waals surface area contributed by atoms with Gasteiger partial charge in [-0.3, -0.25) is 0 Å². The first-order valence-corrected chi connectivity index (χ1v) is 14.8. The number of fused-ring (bicyclic) bond motifs is 5. The summed E-state index contributed by atoms with van der Waals surface area (Å²) in [5, 5.41) is 0. The van der Waals surface area contributed by atoms with Gasteiger partial charge in [-0.05, 0) is 117 Å². The smallest absolute Gasteiger partial charge is 0.0974 e. The van der Waals surface area contributed by atoms with E-state index in [1.54, 1.807) is 0 Å². The molecule has 0 aromatic heterocycles. The van der Waals surface area contributed by atoms with Crippen molar-refractivity contribution in [2.24, 2.45) is 52.3 Å². The van der Waals surface area contributed by atoms with E-state index in [0.717, 1.165) is 54.6 Å². The van der Waals surface area contributed by atoms with Crippen LogP contribution in [0, 0.1) is 52.3 Å². The van der Waals surface area contributed by atoms with Crippen LogP contribution in [0.2, 0.25) is 0 Å². The van der Waals surface area contributed by atoms with Crippen molar-refractivity contribution in [2.45, 2.75) is 130 Å². The first-order chi connectivity index (χ1) is 15.5. The van der Waals surface area contributed by atoms with E-state index in [-0.39, 0.29) is 11.2 Å². The Morgan fingerprint density at radius 1 is 0.788 bits per heavy atom. The van der Waals surface area contributed by atoms with Crippen LogP contribution < -0.4 is 0 Å². The fraction of sp³-hybridized carbons (Fsp3) is 1.00. The molecule has 4 aliphatic carbocycles. The van der Waals surface area contributed by atoms with E-state index in [0.29, 0.717) is 10.8 Å². The Hall–Kier alpha value is -0.0800. The van der Waals surface area contributed by atoms with Crippen molar-refractivity contribution in [2.75, 3.05) is 13.2 Å². The van der Waals surface area contributed by atoms with Crippen molar-refractivity contribution in [1.29, 1.82) is 0 Å². The molecule has 0 bridgehead atoms. The van der Waals surface area contributed by atoms with Gasteiger partial charge in [-0.25, -0.2) is 0 Å². The van der Waals surface area contributed by atoms with E-state index in [1.807, 2.05) is 0 Å². The Balaban J connectivity index is 1.33. The van der Waals surface area contributed by atoms with Gasteiger partial charge in [-0.1, -0.05) is 53.9 Å². The molecule has 33 heavy (non-hydrogen) atoms. The molecule has 0 N–H and O–H groups in total. The van der Waals surface area contributed by atoms with Gasteiger partial charge in [0.25, 0.3) is 0 Å². The Labute approximate surface area is 205 Å². The normalized spacial score (nSPS) is 49.6. The lowest BCUT2D eigenvalue weighted by atomic mass is 9.47. The first kappa shape index (κ1) is 24.6.